The number of aromatic amines is 1. The number of rotatable bonds is 6. The molecule has 0 aliphatic carbocycles. The molecule has 8 nitrogen and oxygen atoms in total. The van der Waals surface area contributed by atoms with E-state index >= 15 is 0 Å². The fraction of sp³-hybridized carbons (Fsp3) is 0.250. The minimum Gasteiger partial charge on any atom is -0.482 e. The Hall–Kier alpha value is -3.24. The molecule has 3 aromatic rings. The monoisotopic (exact) mass is 429 g/mol. The van der Waals surface area contributed by atoms with E-state index in [4.69, 9.17) is 10.5 Å². The molecule has 2 aromatic heterocycles. The zero-order valence-electron chi connectivity index (χ0n) is 16.2. The minimum atomic E-state index is -0.439. The van der Waals surface area contributed by atoms with Crippen molar-refractivity contribution in [3.8, 4) is 16.2 Å². The van der Waals surface area contributed by atoms with E-state index in [2.05, 4.69) is 10.2 Å². The number of likely N-dealkylation sites (N-methyl/N-ethyl adjacent to an activating group) is 1. The molecule has 10 heteroatoms. The average Bonchev–Trinajstić information content (AvgIpc) is 3.41. The second-order valence-electron chi connectivity index (χ2n) is 6.89. The molecule has 0 saturated heterocycles. The van der Waals surface area contributed by atoms with Crippen LogP contribution in [0.1, 0.15) is 17.3 Å². The fourth-order valence-corrected chi connectivity index (χ4v) is 4.45. The molecule has 1 aliphatic rings. The average molecular weight is 429 g/mol. The molecule has 0 fully saturated rings. The van der Waals surface area contributed by atoms with Gasteiger partial charge in [-0.1, -0.05) is 0 Å². The summed E-state index contributed by atoms with van der Waals surface area (Å²) >= 11 is 1.48. The number of carbonyl (C=O) groups excluding carboxylic acids is 1. The van der Waals surface area contributed by atoms with Gasteiger partial charge in [0.25, 0.3) is 5.91 Å². The number of fused-ring (bicyclic) bond motifs is 1. The van der Waals surface area contributed by atoms with Gasteiger partial charge in [0.2, 0.25) is 0 Å². The molecule has 1 unspecified atom stereocenters. The summed E-state index contributed by atoms with van der Waals surface area (Å²) in [7, 11) is 1.71. The van der Waals surface area contributed by atoms with Crippen molar-refractivity contribution in [3.05, 3.63) is 63.9 Å². The van der Waals surface area contributed by atoms with E-state index in [1.165, 1.54) is 22.2 Å². The minimum absolute atomic E-state index is 0.0265. The lowest BCUT2D eigenvalue weighted by Gasteiger charge is -2.26. The number of ether oxygens (including phenoxy) is 1. The second-order valence-corrected chi connectivity index (χ2v) is 8.00. The Bertz CT molecular complexity index is 1170. The highest BCUT2D eigenvalue weighted by Gasteiger charge is 2.24. The van der Waals surface area contributed by atoms with E-state index in [0.29, 0.717) is 23.3 Å². The zero-order chi connectivity index (χ0) is 21.3. The number of aromatic nitrogens is 3. The molecule has 1 aromatic carbocycles. The molecule has 4 rings (SSSR count). The lowest BCUT2D eigenvalue weighted by atomic mass is 10.1. The normalized spacial score (nSPS) is 15.1. The predicted molar refractivity (Wildman–Crippen MR) is 113 cm³/mol. The molecule has 1 aliphatic heterocycles. The summed E-state index contributed by atoms with van der Waals surface area (Å²) in [5.41, 5.74) is 7.26. The third-order valence-electron chi connectivity index (χ3n) is 5.07. The van der Waals surface area contributed by atoms with Crippen LogP contribution in [0, 0.1) is 0 Å². The first-order valence-corrected chi connectivity index (χ1v) is 10.1. The summed E-state index contributed by atoms with van der Waals surface area (Å²) in [6.45, 7) is 0.0850. The van der Waals surface area contributed by atoms with Crippen molar-refractivity contribution in [2.75, 3.05) is 25.1 Å². The maximum Gasteiger partial charge on any atom is 0.343 e. The van der Waals surface area contributed by atoms with Crippen molar-refractivity contribution < 1.29 is 13.9 Å². The van der Waals surface area contributed by atoms with Crippen LogP contribution in [-0.4, -0.2) is 40.9 Å². The van der Waals surface area contributed by atoms with Crippen LogP contribution >= 0.6 is 11.3 Å². The number of thiophene rings is 1. The maximum absolute atomic E-state index is 13.2. The molecule has 1 atom stereocenters. The molecule has 0 radical (unpaired) electrons. The number of benzene rings is 1. The smallest absolute Gasteiger partial charge is 0.343 e. The van der Waals surface area contributed by atoms with Gasteiger partial charge in [-0.2, -0.15) is 5.10 Å². The molecule has 0 spiro atoms. The van der Waals surface area contributed by atoms with Crippen LogP contribution < -0.4 is 21.1 Å². The van der Waals surface area contributed by atoms with Gasteiger partial charge >= 0.3 is 5.69 Å². The number of amides is 1. The molecule has 0 saturated carbocycles. The Morgan fingerprint density at radius 1 is 1.40 bits per heavy atom. The van der Waals surface area contributed by atoms with Crippen LogP contribution in [0.2, 0.25) is 0 Å². The number of anilines is 1. The summed E-state index contributed by atoms with van der Waals surface area (Å²) in [6, 6.07) is 9.06. The summed E-state index contributed by atoms with van der Waals surface area (Å²) in [5.74, 6) is 0.541. The number of hydrogen-bond donors (Lipinski definition) is 2. The number of nitrogens with two attached hydrogens (primary N) is 1. The van der Waals surface area contributed by atoms with Crippen molar-refractivity contribution >= 4 is 22.9 Å². The fourth-order valence-electron chi connectivity index (χ4n) is 3.35. The molecule has 30 heavy (non-hydrogen) atoms. The molecular formula is C20H20FN5O3S. The van der Waals surface area contributed by atoms with Crippen LogP contribution in [0.5, 0.6) is 5.75 Å². The Labute approximate surface area is 175 Å². The first-order valence-electron chi connectivity index (χ1n) is 9.25. The van der Waals surface area contributed by atoms with Gasteiger partial charge in [-0.15, -0.1) is 11.3 Å². The summed E-state index contributed by atoms with van der Waals surface area (Å²) < 4.78 is 20.1. The highest BCUT2D eigenvalue weighted by atomic mass is 32.1. The van der Waals surface area contributed by atoms with Crippen LogP contribution in [-0.2, 0) is 4.79 Å². The van der Waals surface area contributed by atoms with Gasteiger partial charge in [0.05, 0.1) is 18.1 Å². The quantitative estimate of drug-likeness (QED) is 0.626. The van der Waals surface area contributed by atoms with Crippen molar-refractivity contribution in [2.45, 2.75) is 12.5 Å². The maximum atomic E-state index is 13.2. The van der Waals surface area contributed by atoms with E-state index in [0.717, 1.165) is 15.3 Å². The van der Waals surface area contributed by atoms with Gasteiger partial charge in [0.1, 0.15) is 12.1 Å². The third kappa shape index (κ3) is 3.66. The van der Waals surface area contributed by atoms with Gasteiger partial charge in [-0.3, -0.25) is 9.36 Å². The Kier molecular flexibility index (Phi) is 5.51. The summed E-state index contributed by atoms with van der Waals surface area (Å²) in [5, 5.41) is 6.17. The Morgan fingerprint density at radius 2 is 2.23 bits per heavy atom. The zero-order valence-corrected chi connectivity index (χ0v) is 17.0. The number of carbonyl (C=O) groups is 1. The number of nitrogens with one attached hydrogen (secondary N) is 1. The lowest BCUT2D eigenvalue weighted by Crippen LogP contribution is -2.35. The van der Waals surface area contributed by atoms with E-state index in [9.17, 15) is 14.0 Å². The molecular weight excluding hydrogens is 409 g/mol. The number of halogens is 1. The Morgan fingerprint density at radius 3 is 2.93 bits per heavy atom. The standard InChI is InChI=1S/C20H20FN5O3S/c1-25-14-7-13(2-3-16(14)29-10-19(25)27)17-4-5-18(30-17)15(6-12(8-21)9-22)26-11-23-24-20(26)28/h2-5,7-8,11,15H,6,9-10,22H2,1H3,(H,24,28)/b12-8+. The SMILES string of the molecule is CN1C(=O)COc2ccc(-c3ccc(C(C/C(=C\F)CN)n4cn[nH]c4=O)s3)cc21. The molecule has 3 N–H and O–H groups in total. The van der Waals surface area contributed by atoms with Gasteiger partial charge in [0.15, 0.2) is 6.61 Å². The topological polar surface area (TPSA) is 106 Å². The van der Waals surface area contributed by atoms with Crippen molar-refractivity contribution in [2.24, 2.45) is 5.73 Å². The van der Waals surface area contributed by atoms with Crippen LogP contribution in [0.4, 0.5) is 10.1 Å². The molecule has 3 heterocycles. The molecule has 156 valence electrons. The van der Waals surface area contributed by atoms with E-state index < -0.39 is 6.04 Å². The summed E-state index contributed by atoms with van der Waals surface area (Å²) in [6.07, 6.45) is 2.14. The first kappa shape index (κ1) is 20.0. The van der Waals surface area contributed by atoms with Crippen LogP contribution in [0.25, 0.3) is 10.4 Å². The number of hydrogen-bond acceptors (Lipinski definition) is 6. The third-order valence-corrected chi connectivity index (χ3v) is 6.31. The van der Waals surface area contributed by atoms with Crippen LogP contribution in [0.3, 0.4) is 0 Å². The van der Waals surface area contributed by atoms with Crippen molar-refractivity contribution in [3.63, 3.8) is 0 Å². The van der Waals surface area contributed by atoms with E-state index in [1.807, 2.05) is 30.3 Å². The van der Waals surface area contributed by atoms with Gasteiger partial charge in [0, 0.05) is 23.3 Å². The van der Waals surface area contributed by atoms with Crippen LogP contribution in [0.15, 0.2) is 53.4 Å². The number of nitrogens with zero attached hydrogens (tertiary/aromatic N) is 3. The van der Waals surface area contributed by atoms with Gasteiger partial charge < -0.3 is 15.4 Å². The Balaban J connectivity index is 1.70. The number of H-pyrrole nitrogens is 1. The summed E-state index contributed by atoms with van der Waals surface area (Å²) in [4.78, 5) is 27.5. The second kappa shape index (κ2) is 8.25. The first-order chi connectivity index (χ1) is 14.5. The predicted octanol–water partition coefficient (Wildman–Crippen LogP) is 2.45. The molecule has 1 amide bonds. The highest BCUT2D eigenvalue weighted by molar-refractivity contribution is 7.15. The van der Waals surface area contributed by atoms with Gasteiger partial charge in [-0.25, -0.2) is 14.3 Å². The van der Waals surface area contributed by atoms with Gasteiger partial charge in [-0.05, 0) is 47.9 Å². The lowest BCUT2D eigenvalue weighted by molar-refractivity contribution is -0.120. The van der Waals surface area contributed by atoms with Crippen molar-refractivity contribution in [1.82, 2.24) is 14.8 Å². The van der Waals surface area contributed by atoms with E-state index in [-0.39, 0.29) is 31.2 Å². The van der Waals surface area contributed by atoms with Crippen molar-refractivity contribution in [1.29, 1.82) is 0 Å². The van der Waals surface area contributed by atoms with E-state index in [1.54, 1.807) is 11.9 Å². The molecule has 0 bridgehead atoms. The largest absolute Gasteiger partial charge is 0.482 e. The highest BCUT2D eigenvalue weighted by Crippen LogP contribution is 2.39.